The number of nitrogens with zero attached hydrogens (tertiary/aromatic N) is 3. The van der Waals surface area contributed by atoms with Crippen molar-refractivity contribution in [3.63, 3.8) is 0 Å². The van der Waals surface area contributed by atoms with Gasteiger partial charge in [0.05, 0.1) is 6.33 Å². The number of rotatable bonds is 4. The lowest BCUT2D eigenvalue weighted by molar-refractivity contribution is 0.156. The van der Waals surface area contributed by atoms with E-state index in [-0.39, 0.29) is 5.63 Å². The molecule has 0 saturated carbocycles. The summed E-state index contributed by atoms with van der Waals surface area (Å²) in [5.41, 5.74) is 2.58. The Morgan fingerprint density at radius 2 is 2.24 bits per heavy atom. The highest BCUT2D eigenvalue weighted by atomic mass is 16.4. The molecule has 1 fully saturated rings. The summed E-state index contributed by atoms with van der Waals surface area (Å²) in [5.74, 6) is 0.656. The molecular weight excluding hydrogens is 314 g/mol. The molecule has 0 N–H and O–H groups in total. The normalized spacial score (nSPS) is 18.7. The van der Waals surface area contributed by atoms with E-state index in [4.69, 9.17) is 4.42 Å². The van der Waals surface area contributed by atoms with Gasteiger partial charge in [0.25, 0.3) is 0 Å². The standard InChI is InChI=1S/C20H23N3O2/c1-15-9-20(24)25-19-10-16(4-5-18(15)19)11-22-7-2-3-17(12-22)13-23-8-6-21-14-23/h4-6,8-10,14,17H,2-3,7,11-13H2,1H3/t17-/m0/s1. The van der Waals surface area contributed by atoms with Crippen molar-refractivity contribution >= 4 is 11.0 Å². The average molecular weight is 337 g/mol. The lowest BCUT2D eigenvalue weighted by atomic mass is 9.97. The first-order chi connectivity index (χ1) is 12.2. The van der Waals surface area contributed by atoms with Gasteiger partial charge >= 0.3 is 5.63 Å². The van der Waals surface area contributed by atoms with Gasteiger partial charge in [0, 0.05) is 43.5 Å². The van der Waals surface area contributed by atoms with Crippen molar-refractivity contribution in [3.05, 3.63) is 64.5 Å². The Kier molecular flexibility index (Phi) is 4.40. The molecule has 0 aliphatic carbocycles. The van der Waals surface area contributed by atoms with Crippen LogP contribution in [-0.2, 0) is 13.1 Å². The fourth-order valence-electron chi connectivity index (χ4n) is 3.86. The maximum absolute atomic E-state index is 11.6. The number of aromatic nitrogens is 2. The van der Waals surface area contributed by atoms with Crippen LogP contribution in [0.4, 0.5) is 0 Å². The Balaban J connectivity index is 1.47. The van der Waals surface area contributed by atoms with E-state index in [0.717, 1.165) is 37.1 Å². The second-order valence-electron chi connectivity index (χ2n) is 7.08. The number of piperidine rings is 1. The smallest absolute Gasteiger partial charge is 0.336 e. The van der Waals surface area contributed by atoms with Crippen molar-refractivity contribution in [1.29, 1.82) is 0 Å². The molecule has 0 bridgehead atoms. The summed E-state index contributed by atoms with van der Waals surface area (Å²) in [4.78, 5) is 18.2. The molecule has 0 spiro atoms. The van der Waals surface area contributed by atoms with Crippen molar-refractivity contribution in [2.24, 2.45) is 5.92 Å². The predicted octanol–water partition coefficient (Wildman–Crippen LogP) is 3.21. The van der Waals surface area contributed by atoms with E-state index >= 15 is 0 Å². The van der Waals surface area contributed by atoms with E-state index < -0.39 is 0 Å². The van der Waals surface area contributed by atoms with E-state index in [1.165, 1.54) is 18.4 Å². The van der Waals surface area contributed by atoms with Crippen LogP contribution in [0.15, 0.2) is 52.2 Å². The summed E-state index contributed by atoms with van der Waals surface area (Å²) in [5, 5.41) is 1.01. The van der Waals surface area contributed by atoms with Crippen LogP contribution in [0.3, 0.4) is 0 Å². The van der Waals surface area contributed by atoms with Crippen LogP contribution in [0.1, 0.15) is 24.0 Å². The van der Waals surface area contributed by atoms with Crippen molar-refractivity contribution in [3.8, 4) is 0 Å². The Labute approximate surface area is 146 Å². The molecule has 1 saturated heterocycles. The molecular formula is C20H23N3O2. The molecule has 1 aromatic carbocycles. The van der Waals surface area contributed by atoms with E-state index in [1.54, 1.807) is 6.07 Å². The minimum atomic E-state index is -0.277. The van der Waals surface area contributed by atoms with Gasteiger partial charge in [-0.05, 0) is 49.4 Å². The van der Waals surface area contributed by atoms with Gasteiger partial charge in [-0.3, -0.25) is 4.90 Å². The van der Waals surface area contributed by atoms with Crippen LogP contribution in [0.25, 0.3) is 11.0 Å². The number of likely N-dealkylation sites (tertiary alicyclic amines) is 1. The van der Waals surface area contributed by atoms with Gasteiger partial charge in [-0.2, -0.15) is 0 Å². The molecule has 130 valence electrons. The maximum Gasteiger partial charge on any atom is 0.336 e. The van der Waals surface area contributed by atoms with Gasteiger partial charge in [0.15, 0.2) is 0 Å². The van der Waals surface area contributed by atoms with Crippen LogP contribution in [-0.4, -0.2) is 27.5 Å². The third kappa shape index (κ3) is 3.66. The van der Waals surface area contributed by atoms with Gasteiger partial charge in [-0.1, -0.05) is 12.1 Å². The van der Waals surface area contributed by atoms with Gasteiger partial charge in [0.1, 0.15) is 5.58 Å². The fourth-order valence-corrected chi connectivity index (χ4v) is 3.86. The first-order valence-electron chi connectivity index (χ1n) is 8.89. The maximum atomic E-state index is 11.6. The Morgan fingerprint density at radius 1 is 1.32 bits per heavy atom. The topological polar surface area (TPSA) is 51.3 Å². The molecule has 4 rings (SSSR count). The van der Waals surface area contributed by atoms with Crippen LogP contribution < -0.4 is 5.63 Å². The quantitative estimate of drug-likeness (QED) is 0.686. The zero-order valence-electron chi connectivity index (χ0n) is 14.5. The molecule has 1 aliphatic rings. The second kappa shape index (κ2) is 6.84. The monoisotopic (exact) mass is 337 g/mol. The first-order valence-corrected chi connectivity index (χ1v) is 8.89. The Morgan fingerprint density at radius 3 is 3.08 bits per heavy atom. The molecule has 1 aliphatic heterocycles. The number of hydrogen-bond donors (Lipinski definition) is 0. The number of aryl methyl sites for hydroxylation is 1. The van der Waals surface area contributed by atoms with Gasteiger partial charge in [-0.25, -0.2) is 9.78 Å². The molecule has 2 aromatic heterocycles. The van der Waals surface area contributed by atoms with E-state index in [0.29, 0.717) is 11.5 Å². The molecule has 25 heavy (non-hydrogen) atoms. The third-order valence-corrected chi connectivity index (χ3v) is 5.05. The first kappa shape index (κ1) is 16.1. The summed E-state index contributed by atoms with van der Waals surface area (Å²) in [6.45, 7) is 6.09. The zero-order valence-corrected chi connectivity index (χ0v) is 14.5. The summed E-state index contributed by atoms with van der Waals surface area (Å²) in [6.07, 6.45) is 8.26. The van der Waals surface area contributed by atoms with E-state index in [9.17, 15) is 4.79 Å². The number of imidazole rings is 1. The Hall–Kier alpha value is -2.40. The minimum absolute atomic E-state index is 0.277. The summed E-state index contributed by atoms with van der Waals surface area (Å²) in [7, 11) is 0. The SMILES string of the molecule is Cc1cc(=O)oc2cc(CN3CCC[C@H](Cn4ccnc4)C3)ccc12. The highest BCUT2D eigenvalue weighted by Gasteiger charge is 2.20. The molecule has 0 radical (unpaired) electrons. The van der Waals surface area contributed by atoms with Gasteiger partial charge in [-0.15, -0.1) is 0 Å². The van der Waals surface area contributed by atoms with Crippen molar-refractivity contribution in [1.82, 2.24) is 14.5 Å². The van der Waals surface area contributed by atoms with Crippen LogP contribution in [0.2, 0.25) is 0 Å². The van der Waals surface area contributed by atoms with Crippen LogP contribution in [0, 0.1) is 12.8 Å². The second-order valence-corrected chi connectivity index (χ2v) is 7.08. The van der Waals surface area contributed by atoms with Crippen molar-refractivity contribution in [2.75, 3.05) is 13.1 Å². The van der Waals surface area contributed by atoms with Gasteiger partial charge in [0.2, 0.25) is 0 Å². The molecule has 3 heterocycles. The minimum Gasteiger partial charge on any atom is -0.423 e. The van der Waals surface area contributed by atoms with Crippen LogP contribution in [0.5, 0.6) is 0 Å². The highest BCUT2D eigenvalue weighted by Crippen LogP contribution is 2.22. The van der Waals surface area contributed by atoms with Crippen molar-refractivity contribution in [2.45, 2.75) is 32.9 Å². The van der Waals surface area contributed by atoms with E-state index in [1.807, 2.05) is 31.7 Å². The number of hydrogen-bond acceptors (Lipinski definition) is 4. The zero-order chi connectivity index (χ0) is 17.2. The number of benzene rings is 1. The number of fused-ring (bicyclic) bond motifs is 1. The molecule has 5 nitrogen and oxygen atoms in total. The highest BCUT2D eigenvalue weighted by molar-refractivity contribution is 5.80. The third-order valence-electron chi connectivity index (χ3n) is 5.05. The molecule has 0 unspecified atom stereocenters. The Bertz CT molecular complexity index is 914. The summed E-state index contributed by atoms with van der Waals surface area (Å²) < 4.78 is 7.55. The largest absolute Gasteiger partial charge is 0.423 e. The predicted molar refractivity (Wildman–Crippen MR) is 97.4 cm³/mol. The van der Waals surface area contributed by atoms with Crippen LogP contribution >= 0.6 is 0 Å². The summed E-state index contributed by atoms with van der Waals surface area (Å²) in [6, 6.07) is 7.78. The lowest BCUT2D eigenvalue weighted by Gasteiger charge is -2.33. The summed E-state index contributed by atoms with van der Waals surface area (Å²) >= 11 is 0. The molecule has 3 aromatic rings. The molecule has 0 amide bonds. The van der Waals surface area contributed by atoms with Gasteiger partial charge < -0.3 is 8.98 Å². The van der Waals surface area contributed by atoms with E-state index in [2.05, 4.69) is 26.6 Å². The lowest BCUT2D eigenvalue weighted by Crippen LogP contribution is -2.36. The average Bonchev–Trinajstić information content (AvgIpc) is 3.07. The van der Waals surface area contributed by atoms with Crippen molar-refractivity contribution < 1.29 is 4.42 Å². The molecule has 1 atom stereocenters. The fraction of sp³-hybridized carbons (Fsp3) is 0.400. The molecule has 5 heteroatoms.